The van der Waals surface area contributed by atoms with Gasteiger partial charge in [-0.1, -0.05) is 0 Å². The lowest BCUT2D eigenvalue weighted by atomic mass is 10.0. The molecule has 1 rings (SSSR count). The van der Waals surface area contributed by atoms with Crippen LogP contribution in [0.2, 0.25) is 0 Å². The highest BCUT2D eigenvalue weighted by Gasteiger charge is 2.32. The number of carboxylic acids is 1. The minimum atomic E-state index is -4.96. The molecular weight excluding hydrogens is 285 g/mol. The number of halogens is 3. The van der Waals surface area contributed by atoms with E-state index in [1.165, 1.54) is 0 Å². The van der Waals surface area contributed by atoms with Gasteiger partial charge in [-0.3, -0.25) is 14.9 Å². The molecule has 0 heterocycles. The Bertz CT molecular complexity index is 532. The Balaban J connectivity index is 3.12. The Kier molecular flexibility index (Phi) is 4.50. The lowest BCUT2D eigenvalue weighted by Crippen LogP contribution is -2.32. The summed E-state index contributed by atoms with van der Waals surface area (Å²) in [5, 5.41) is 19.3. The number of nitrogens with two attached hydrogens (primary N) is 1. The molecule has 0 saturated heterocycles. The van der Waals surface area contributed by atoms with Gasteiger partial charge < -0.3 is 15.6 Å². The predicted molar refractivity (Wildman–Crippen MR) is 59.1 cm³/mol. The summed E-state index contributed by atoms with van der Waals surface area (Å²) in [4.78, 5) is 20.5. The normalized spacial score (nSPS) is 12.8. The number of alkyl halides is 3. The fourth-order valence-electron chi connectivity index (χ4n) is 1.42. The van der Waals surface area contributed by atoms with Crippen molar-refractivity contribution in [1.29, 1.82) is 0 Å². The summed E-state index contributed by atoms with van der Waals surface area (Å²) in [5.41, 5.74) is 4.42. The molecule has 0 unspecified atom stereocenters. The van der Waals surface area contributed by atoms with E-state index in [1.807, 2.05) is 0 Å². The smallest absolute Gasteiger partial charge is 0.480 e. The van der Waals surface area contributed by atoms with Gasteiger partial charge in [0.1, 0.15) is 11.8 Å². The number of hydrogen-bond donors (Lipinski definition) is 2. The van der Waals surface area contributed by atoms with E-state index in [0.29, 0.717) is 0 Å². The Hall–Kier alpha value is -2.36. The summed E-state index contributed by atoms with van der Waals surface area (Å²) < 4.78 is 39.8. The average molecular weight is 294 g/mol. The van der Waals surface area contributed by atoms with Crippen LogP contribution < -0.4 is 10.5 Å². The monoisotopic (exact) mass is 294 g/mol. The second-order valence-electron chi connectivity index (χ2n) is 3.74. The largest absolute Gasteiger partial charge is 0.573 e. The summed E-state index contributed by atoms with van der Waals surface area (Å²) >= 11 is 0. The quantitative estimate of drug-likeness (QED) is 0.627. The third-order valence-electron chi connectivity index (χ3n) is 2.24. The topological polar surface area (TPSA) is 116 Å². The standard InChI is InChI=1S/C10H9F3N2O5/c11-10(12,13)20-6-1-2-8(15(18)19)5(3-6)4-7(14)9(16)17/h1-3,7H,4,14H2,(H,16,17)/t7-/m0/s1. The molecule has 3 N–H and O–H groups in total. The molecule has 110 valence electrons. The molecule has 0 aromatic heterocycles. The maximum atomic E-state index is 12.0. The van der Waals surface area contributed by atoms with Gasteiger partial charge in [-0.2, -0.15) is 0 Å². The number of rotatable bonds is 5. The van der Waals surface area contributed by atoms with E-state index in [1.54, 1.807) is 0 Å². The zero-order valence-corrected chi connectivity index (χ0v) is 9.76. The fraction of sp³-hybridized carbons (Fsp3) is 0.300. The first-order valence-corrected chi connectivity index (χ1v) is 5.11. The minimum Gasteiger partial charge on any atom is -0.480 e. The Morgan fingerprint density at radius 3 is 2.55 bits per heavy atom. The van der Waals surface area contributed by atoms with Crippen LogP contribution >= 0.6 is 0 Å². The Morgan fingerprint density at radius 2 is 2.10 bits per heavy atom. The average Bonchev–Trinajstić information content (AvgIpc) is 2.26. The van der Waals surface area contributed by atoms with Crippen LogP contribution in [0.3, 0.4) is 0 Å². The van der Waals surface area contributed by atoms with Crippen molar-refractivity contribution in [3.63, 3.8) is 0 Å². The lowest BCUT2D eigenvalue weighted by molar-refractivity contribution is -0.385. The van der Waals surface area contributed by atoms with Crippen molar-refractivity contribution in [1.82, 2.24) is 0 Å². The number of benzene rings is 1. The maximum Gasteiger partial charge on any atom is 0.573 e. The first kappa shape index (κ1) is 15.7. The molecular formula is C10H9F3N2O5. The highest BCUT2D eigenvalue weighted by atomic mass is 19.4. The first-order valence-electron chi connectivity index (χ1n) is 5.11. The second-order valence-corrected chi connectivity index (χ2v) is 3.74. The van der Waals surface area contributed by atoms with Crippen molar-refractivity contribution < 1.29 is 32.7 Å². The highest BCUT2D eigenvalue weighted by molar-refractivity contribution is 5.73. The second kappa shape index (κ2) is 5.74. The van der Waals surface area contributed by atoms with Crippen molar-refractivity contribution in [2.75, 3.05) is 0 Å². The van der Waals surface area contributed by atoms with Crippen LogP contribution in [0.5, 0.6) is 5.75 Å². The van der Waals surface area contributed by atoms with Crippen molar-refractivity contribution in [2.45, 2.75) is 18.8 Å². The van der Waals surface area contributed by atoms with E-state index >= 15 is 0 Å². The molecule has 20 heavy (non-hydrogen) atoms. The Morgan fingerprint density at radius 1 is 1.50 bits per heavy atom. The molecule has 0 fully saturated rings. The molecule has 0 saturated carbocycles. The van der Waals surface area contributed by atoms with E-state index in [-0.39, 0.29) is 5.56 Å². The van der Waals surface area contributed by atoms with Crippen LogP contribution in [0.4, 0.5) is 18.9 Å². The summed E-state index contributed by atoms with van der Waals surface area (Å²) in [6.45, 7) is 0. The lowest BCUT2D eigenvalue weighted by Gasteiger charge is -2.11. The van der Waals surface area contributed by atoms with E-state index in [2.05, 4.69) is 4.74 Å². The third kappa shape index (κ3) is 4.39. The van der Waals surface area contributed by atoms with E-state index in [9.17, 15) is 28.1 Å². The van der Waals surface area contributed by atoms with Crippen LogP contribution in [0.1, 0.15) is 5.56 Å². The summed E-state index contributed by atoms with van der Waals surface area (Å²) in [5.74, 6) is -2.11. The van der Waals surface area contributed by atoms with Crippen LogP contribution in [0.25, 0.3) is 0 Å². The van der Waals surface area contributed by atoms with Gasteiger partial charge in [0.2, 0.25) is 0 Å². The minimum absolute atomic E-state index is 0.258. The molecule has 0 amide bonds. The molecule has 0 spiro atoms. The van der Waals surface area contributed by atoms with Crippen molar-refractivity contribution in [3.8, 4) is 5.75 Å². The number of hydrogen-bond acceptors (Lipinski definition) is 5. The van der Waals surface area contributed by atoms with Crippen molar-refractivity contribution >= 4 is 11.7 Å². The summed E-state index contributed by atoms with van der Waals surface area (Å²) in [6, 6.07) is 0.829. The number of nitro groups is 1. The molecule has 1 aromatic rings. The number of ether oxygens (including phenoxy) is 1. The van der Waals surface area contributed by atoms with E-state index in [4.69, 9.17) is 10.8 Å². The van der Waals surface area contributed by atoms with Gasteiger partial charge in [0.15, 0.2) is 0 Å². The molecule has 0 aliphatic carbocycles. The van der Waals surface area contributed by atoms with Crippen LogP contribution in [-0.4, -0.2) is 28.4 Å². The van der Waals surface area contributed by atoms with Gasteiger partial charge in [-0.05, 0) is 12.1 Å². The van der Waals surface area contributed by atoms with E-state index < -0.39 is 41.2 Å². The number of aliphatic carboxylic acids is 1. The molecule has 0 bridgehead atoms. The zero-order valence-electron chi connectivity index (χ0n) is 9.76. The van der Waals surface area contributed by atoms with Crippen LogP contribution in [0, 0.1) is 10.1 Å². The molecule has 10 heteroatoms. The number of carbonyl (C=O) groups is 1. The molecule has 1 aromatic carbocycles. The first-order chi connectivity index (χ1) is 9.10. The zero-order chi connectivity index (χ0) is 15.5. The summed E-state index contributed by atoms with van der Waals surface area (Å²) in [6.07, 6.45) is -5.46. The molecule has 7 nitrogen and oxygen atoms in total. The maximum absolute atomic E-state index is 12.0. The number of carboxylic acid groups (broad SMARTS) is 1. The SMILES string of the molecule is N[C@@H](Cc1cc(OC(F)(F)F)ccc1[N+](=O)[O-])C(=O)O. The van der Waals surface area contributed by atoms with Crippen molar-refractivity contribution in [2.24, 2.45) is 5.73 Å². The fourth-order valence-corrected chi connectivity index (χ4v) is 1.42. The van der Waals surface area contributed by atoms with Gasteiger partial charge in [0.05, 0.1) is 4.92 Å². The van der Waals surface area contributed by atoms with Crippen LogP contribution in [0.15, 0.2) is 18.2 Å². The predicted octanol–water partition coefficient (Wildman–Crippen LogP) is 1.45. The molecule has 0 aliphatic heterocycles. The molecule has 0 radical (unpaired) electrons. The van der Waals surface area contributed by atoms with Gasteiger partial charge >= 0.3 is 12.3 Å². The van der Waals surface area contributed by atoms with Crippen molar-refractivity contribution in [3.05, 3.63) is 33.9 Å². The summed E-state index contributed by atoms with van der Waals surface area (Å²) in [7, 11) is 0. The van der Waals surface area contributed by atoms with Gasteiger partial charge in [0, 0.05) is 18.1 Å². The van der Waals surface area contributed by atoms with E-state index in [0.717, 1.165) is 18.2 Å². The van der Waals surface area contributed by atoms with Gasteiger partial charge in [0.25, 0.3) is 5.69 Å². The van der Waals surface area contributed by atoms with Gasteiger partial charge in [-0.25, -0.2) is 0 Å². The molecule has 1 atom stereocenters. The highest BCUT2D eigenvalue weighted by Crippen LogP contribution is 2.29. The number of nitro benzene ring substituents is 1. The molecule has 0 aliphatic rings. The third-order valence-corrected chi connectivity index (χ3v) is 2.24. The Labute approximate surface area is 109 Å². The van der Waals surface area contributed by atoms with Crippen LogP contribution in [-0.2, 0) is 11.2 Å². The number of nitrogens with zero attached hydrogens (tertiary/aromatic N) is 1. The van der Waals surface area contributed by atoms with Gasteiger partial charge in [-0.15, -0.1) is 13.2 Å².